The minimum absolute atomic E-state index is 0.0413. The molecule has 0 saturated carbocycles. The zero-order valence-electron chi connectivity index (χ0n) is 13.7. The number of carbonyl (C=O) groups excluding carboxylic acids is 1. The van der Waals surface area contributed by atoms with Gasteiger partial charge in [0.05, 0.1) is 12.8 Å². The number of para-hydroxylation sites is 1. The summed E-state index contributed by atoms with van der Waals surface area (Å²) in [4.78, 5) is 17.7. The molecule has 0 radical (unpaired) electrons. The molecule has 3 aromatic rings. The van der Waals surface area contributed by atoms with E-state index in [4.69, 9.17) is 17.0 Å². The molecule has 5 nitrogen and oxygen atoms in total. The molecular weight excluding hydrogens is 334 g/mol. The Morgan fingerprint density at radius 3 is 2.68 bits per heavy atom. The molecule has 1 aliphatic heterocycles. The molecule has 0 aliphatic carbocycles. The molecule has 0 spiro atoms. The number of nitrogens with one attached hydrogen (secondary N) is 2. The Morgan fingerprint density at radius 2 is 1.92 bits per heavy atom. The van der Waals surface area contributed by atoms with Crippen LogP contribution in [-0.2, 0) is 11.2 Å². The van der Waals surface area contributed by atoms with Gasteiger partial charge in [-0.3, -0.25) is 9.69 Å². The van der Waals surface area contributed by atoms with E-state index in [1.54, 1.807) is 12.0 Å². The Bertz CT molecular complexity index is 949. The van der Waals surface area contributed by atoms with Gasteiger partial charge in [-0.25, -0.2) is 0 Å². The third-order valence-electron chi connectivity index (χ3n) is 4.45. The number of rotatable bonds is 4. The number of anilines is 1. The molecule has 126 valence electrons. The first-order valence-corrected chi connectivity index (χ1v) is 8.41. The van der Waals surface area contributed by atoms with Crippen LogP contribution in [0.4, 0.5) is 5.69 Å². The van der Waals surface area contributed by atoms with Gasteiger partial charge in [-0.05, 0) is 48.1 Å². The first kappa shape index (κ1) is 15.7. The predicted octanol–water partition coefficient (Wildman–Crippen LogP) is 3.01. The number of ether oxygens (including phenoxy) is 1. The van der Waals surface area contributed by atoms with E-state index in [1.165, 1.54) is 0 Å². The number of carbonyl (C=O) groups is 1. The van der Waals surface area contributed by atoms with Crippen molar-refractivity contribution in [1.82, 2.24) is 10.3 Å². The standard InChI is InChI=1S/C19H17N3O2S/c1-24-14-8-6-13(7-9-14)22-18(23)17(21-19(22)25)10-12-11-20-16-5-3-2-4-15(12)16/h2-9,11,17,20H,10H2,1H3,(H,21,25)/t17-/m0/s1. The summed E-state index contributed by atoms with van der Waals surface area (Å²) in [5, 5.41) is 4.71. The van der Waals surface area contributed by atoms with Gasteiger partial charge in [-0.2, -0.15) is 0 Å². The number of hydrogen-bond donors (Lipinski definition) is 2. The van der Waals surface area contributed by atoms with Crippen LogP contribution in [0.15, 0.2) is 54.7 Å². The summed E-state index contributed by atoms with van der Waals surface area (Å²) in [6, 6.07) is 15.0. The summed E-state index contributed by atoms with van der Waals surface area (Å²) in [5.74, 6) is 0.699. The molecule has 25 heavy (non-hydrogen) atoms. The van der Waals surface area contributed by atoms with Gasteiger partial charge in [-0.15, -0.1) is 0 Å². The molecule has 1 fully saturated rings. The lowest BCUT2D eigenvalue weighted by molar-refractivity contribution is -0.118. The van der Waals surface area contributed by atoms with Gasteiger partial charge in [0.15, 0.2) is 5.11 Å². The van der Waals surface area contributed by atoms with Crippen LogP contribution in [0.25, 0.3) is 10.9 Å². The average Bonchev–Trinajstić information content (AvgIpc) is 3.17. The highest BCUT2D eigenvalue weighted by molar-refractivity contribution is 7.80. The Kier molecular flexibility index (Phi) is 3.89. The van der Waals surface area contributed by atoms with Crippen molar-refractivity contribution in [3.8, 4) is 5.75 Å². The predicted molar refractivity (Wildman–Crippen MR) is 102 cm³/mol. The number of amides is 1. The van der Waals surface area contributed by atoms with Crippen LogP contribution in [0.3, 0.4) is 0 Å². The Hall–Kier alpha value is -2.86. The lowest BCUT2D eigenvalue weighted by Gasteiger charge is -2.15. The molecule has 2 N–H and O–H groups in total. The summed E-state index contributed by atoms with van der Waals surface area (Å²) in [6.07, 6.45) is 2.54. The minimum Gasteiger partial charge on any atom is -0.497 e. The number of aromatic amines is 1. The number of thiocarbonyl (C=S) groups is 1. The number of methoxy groups -OCH3 is 1. The molecule has 1 aromatic heterocycles. The van der Waals surface area contributed by atoms with Crippen molar-refractivity contribution in [2.45, 2.75) is 12.5 Å². The van der Waals surface area contributed by atoms with E-state index in [0.29, 0.717) is 11.5 Å². The smallest absolute Gasteiger partial charge is 0.256 e. The van der Waals surface area contributed by atoms with Gasteiger partial charge in [0.2, 0.25) is 0 Å². The van der Waals surface area contributed by atoms with Crippen molar-refractivity contribution in [3.63, 3.8) is 0 Å². The van der Waals surface area contributed by atoms with E-state index in [9.17, 15) is 4.79 Å². The molecular formula is C19H17N3O2S. The second kappa shape index (κ2) is 6.22. The quantitative estimate of drug-likeness (QED) is 0.710. The minimum atomic E-state index is -0.367. The fourth-order valence-corrected chi connectivity index (χ4v) is 3.50. The molecule has 1 amide bonds. The Morgan fingerprint density at radius 1 is 1.16 bits per heavy atom. The SMILES string of the molecule is COc1ccc(N2C(=O)[C@H](Cc3c[nH]c4ccccc34)NC2=S)cc1. The molecule has 0 unspecified atom stereocenters. The summed E-state index contributed by atoms with van der Waals surface area (Å²) in [6.45, 7) is 0. The largest absolute Gasteiger partial charge is 0.497 e. The highest BCUT2D eigenvalue weighted by Crippen LogP contribution is 2.25. The van der Waals surface area contributed by atoms with Gasteiger partial charge in [0.25, 0.3) is 5.91 Å². The van der Waals surface area contributed by atoms with Crippen LogP contribution in [0.2, 0.25) is 0 Å². The van der Waals surface area contributed by atoms with E-state index < -0.39 is 0 Å². The third-order valence-corrected chi connectivity index (χ3v) is 4.75. The fourth-order valence-electron chi connectivity index (χ4n) is 3.17. The number of aromatic nitrogens is 1. The molecule has 1 saturated heterocycles. The van der Waals surface area contributed by atoms with Crippen molar-refractivity contribution in [2.75, 3.05) is 12.0 Å². The monoisotopic (exact) mass is 351 g/mol. The first-order valence-electron chi connectivity index (χ1n) is 8.01. The normalized spacial score (nSPS) is 17.2. The number of H-pyrrole nitrogens is 1. The number of hydrogen-bond acceptors (Lipinski definition) is 3. The maximum Gasteiger partial charge on any atom is 0.256 e. The Balaban J connectivity index is 1.58. The number of fused-ring (bicyclic) bond motifs is 1. The van der Waals surface area contributed by atoms with Gasteiger partial charge in [0.1, 0.15) is 11.8 Å². The second-order valence-electron chi connectivity index (χ2n) is 5.94. The molecule has 2 heterocycles. The van der Waals surface area contributed by atoms with E-state index in [-0.39, 0.29) is 11.9 Å². The topological polar surface area (TPSA) is 57.4 Å². The fraction of sp³-hybridized carbons (Fsp3) is 0.158. The van der Waals surface area contributed by atoms with Crippen LogP contribution < -0.4 is 15.0 Å². The van der Waals surface area contributed by atoms with Crippen LogP contribution in [0, 0.1) is 0 Å². The molecule has 1 atom stereocenters. The summed E-state index contributed by atoms with van der Waals surface area (Å²) in [5.41, 5.74) is 2.91. The molecule has 6 heteroatoms. The molecule has 2 aromatic carbocycles. The lowest BCUT2D eigenvalue weighted by atomic mass is 10.0. The Labute approximate surface area is 150 Å². The van der Waals surface area contributed by atoms with Crippen LogP contribution in [0.5, 0.6) is 5.75 Å². The van der Waals surface area contributed by atoms with Crippen LogP contribution >= 0.6 is 12.2 Å². The van der Waals surface area contributed by atoms with Crippen molar-refractivity contribution in [1.29, 1.82) is 0 Å². The van der Waals surface area contributed by atoms with E-state index in [2.05, 4.69) is 16.4 Å². The van der Waals surface area contributed by atoms with Gasteiger partial charge in [-0.1, -0.05) is 18.2 Å². The maximum atomic E-state index is 12.9. The van der Waals surface area contributed by atoms with E-state index in [0.717, 1.165) is 27.9 Å². The van der Waals surface area contributed by atoms with E-state index in [1.807, 2.05) is 48.7 Å². The molecule has 0 bridgehead atoms. The number of nitrogens with zero attached hydrogens (tertiary/aromatic N) is 1. The van der Waals surface area contributed by atoms with Crippen molar-refractivity contribution < 1.29 is 9.53 Å². The summed E-state index contributed by atoms with van der Waals surface area (Å²) in [7, 11) is 1.61. The zero-order chi connectivity index (χ0) is 17.4. The average molecular weight is 351 g/mol. The van der Waals surface area contributed by atoms with Crippen molar-refractivity contribution in [3.05, 3.63) is 60.3 Å². The van der Waals surface area contributed by atoms with Gasteiger partial charge in [0, 0.05) is 23.5 Å². The van der Waals surface area contributed by atoms with E-state index >= 15 is 0 Å². The van der Waals surface area contributed by atoms with Crippen molar-refractivity contribution in [2.24, 2.45) is 0 Å². The summed E-state index contributed by atoms with van der Waals surface area (Å²) < 4.78 is 5.16. The zero-order valence-corrected chi connectivity index (χ0v) is 14.5. The highest BCUT2D eigenvalue weighted by Gasteiger charge is 2.36. The van der Waals surface area contributed by atoms with Gasteiger partial charge < -0.3 is 15.0 Å². The van der Waals surface area contributed by atoms with Gasteiger partial charge >= 0.3 is 0 Å². The maximum absolute atomic E-state index is 12.9. The lowest BCUT2D eigenvalue weighted by Crippen LogP contribution is -2.32. The van der Waals surface area contributed by atoms with Crippen molar-refractivity contribution >= 4 is 39.8 Å². The molecule has 1 aliphatic rings. The van der Waals surface area contributed by atoms with Crippen LogP contribution in [-0.4, -0.2) is 29.2 Å². The first-order chi connectivity index (χ1) is 12.2. The van der Waals surface area contributed by atoms with Crippen LogP contribution in [0.1, 0.15) is 5.56 Å². The molecule has 4 rings (SSSR count). The second-order valence-corrected chi connectivity index (χ2v) is 6.32. The number of benzene rings is 2. The summed E-state index contributed by atoms with van der Waals surface area (Å²) >= 11 is 5.38. The highest BCUT2D eigenvalue weighted by atomic mass is 32.1. The third kappa shape index (κ3) is 2.74.